The molecule has 2 heterocycles. The number of nitrogens with zero attached hydrogens (tertiary/aromatic N) is 3. The van der Waals surface area contributed by atoms with E-state index in [0.717, 1.165) is 29.9 Å². The van der Waals surface area contributed by atoms with E-state index in [1.165, 1.54) is 19.3 Å². The minimum absolute atomic E-state index is 0.474. The number of para-hydroxylation sites is 2. The van der Waals surface area contributed by atoms with Crippen LogP contribution in [0.2, 0.25) is 5.15 Å². The topological polar surface area (TPSA) is 41.0 Å². The second-order valence-electron chi connectivity index (χ2n) is 5.35. The van der Waals surface area contributed by atoms with E-state index in [-0.39, 0.29) is 0 Å². The highest BCUT2D eigenvalue weighted by Crippen LogP contribution is 2.24. The van der Waals surface area contributed by atoms with E-state index in [0.29, 0.717) is 11.2 Å². The molecule has 3 rings (SSSR count). The van der Waals surface area contributed by atoms with Gasteiger partial charge in [-0.2, -0.15) is 0 Å². The lowest BCUT2D eigenvalue weighted by molar-refractivity contribution is 0.403. The summed E-state index contributed by atoms with van der Waals surface area (Å²) in [6.07, 6.45) is 3.78. The highest BCUT2D eigenvalue weighted by atomic mass is 35.5. The summed E-state index contributed by atoms with van der Waals surface area (Å²) >= 11 is 6.28. The molecule has 1 fully saturated rings. The molecule has 1 N–H and O–H groups in total. The lowest BCUT2D eigenvalue weighted by atomic mass is 10.0. The van der Waals surface area contributed by atoms with Gasteiger partial charge in [0.1, 0.15) is 0 Å². The Balaban J connectivity index is 1.82. The zero-order valence-electron chi connectivity index (χ0n) is 11.6. The fraction of sp³-hybridized carbons (Fsp3) is 0.467. The van der Waals surface area contributed by atoms with Gasteiger partial charge in [0.05, 0.1) is 11.0 Å². The first kappa shape index (κ1) is 13.6. The molecule has 5 heteroatoms. The minimum Gasteiger partial charge on any atom is -0.356 e. The van der Waals surface area contributed by atoms with Crippen LogP contribution in [0.15, 0.2) is 24.3 Å². The molecule has 0 saturated carbocycles. The normalized spacial score (nSPS) is 19.2. The number of hydrogen-bond donors (Lipinski definition) is 1. The fourth-order valence-electron chi connectivity index (χ4n) is 2.71. The first-order chi connectivity index (χ1) is 9.74. The van der Waals surface area contributed by atoms with Gasteiger partial charge in [0.25, 0.3) is 0 Å². The standard InChI is InChI=1S/C15H19ClN4/c1-20(10-11-6-4-5-9-17-11)15-14(16)18-12-7-2-3-8-13(12)19-15/h2-3,7-8,11,17H,4-6,9-10H2,1H3/t11-/m1/s1. The van der Waals surface area contributed by atoms with E-state index < -0.39 is 0 Å². The van der Waals surface area contributed by atoms with Crippen molar-refractivity contribution in [1.82, 2.24) is 15.3 Å². The molecule has 1 aromatic carbocycles. The second-order valence-corrected chi connectivity index (χ2v) is 5.71. The highest BCUT2D eigenvalue weighted by molar-refractivity contribution is 6.32. The number of likely N-dealkylation sites (N-methyl/N-ethyl adjacent to an activating group) is 1. The average Bonchev–Trinajstić information content (AvgIpc) is 2.47. The summed E-state index contributed by atoms with van der Waals surface area (Å²) in [7, 11) is 2.03. The molecule has 20 heavy (non-hydrogen) atoms. The molecule has 4 nitrogen and oxygen atoms in total. The molecule has 0 aliphatic carbocycles. The summed E-state index contributed by atoms with van der Waals surface area (Å²) < 4.78 is 0. The summed E-state index contributed by atoms with van der Waals surface area (Å²) in [5.74, 6) is 0.762. The maximum Gasteiger partial charge on any atom is 0.172 e. The smallest absolute Gasteiger partial charge is 0.172 e. The lowest BCUT2D eigenvalue weighted by Gasteiger charge is -2.29. The van der Waals surface area contributed by atoms with Crippen LogP contribution in [0, 0.1) is 0 Å². The zero-order chi connectivity index (χ0) is 13.9. The van der Waals surface area contributed by atoms with Crippen molar-refractivity contribution in [3.63, 3.8) is 0 Å². The Kier molecular flexibility index (Phi) is 4.03. The number of nitrogens with one attached hydrogen (secondary N) is 1. The quantitative estimate of drug-likeness (QED) is 0.944. The summed E-state index contributed by atoms with van der Waals surface area (Å²) in [5.41, 5.74) is 1.72. The Labute approximate surface area is 124 Å². The summed E-state index contributed by atoms with van der Waals surface area (Å²) in [5, 5.41) is 4.02. The first-order valence-electron chi connectivity index (χ1n) is 7.11. The van der Waals surface area contributed by atoms with Crippen LogP contribution < -0.4 is 10.2 Å². The first-order valence-corrected chi connectivity index (χ1v) is 7.48. The van der Waals surface area contributed by atoms with Crippen molar-refractivity contribution < 1.29 is 0 Å². The molecule has 106 valence electrons. The van der Waals surface area contributed by atoms with E-state index in [2.05, 4.69) is 20.2 Å². The van der Waals surface area contributed by atoms with Crippen molar-refractivity contribution in [2.45, 2.75) is 25.3 Å². The number of halogens is 1. The molecule has 0 unspecified atom stereocenters. The van der Waals surface area contributed by atoms with Gasteiger partial charge in [0.2, 0.25) is 0 Å². The van der Waals surface area contributed by atoms with E-state index in [1.54, 1.807) is 0 Å². The zero-order valence-corrected chi connectivity index (χ0v) is 12.4. The van der Waals surface area contributed by atoms with Crippen LogP contribution in [-0.2, 0) is 0 Å². The van der Waals surface area contributed by atoms with Crippen LogP contribution in [0.3, 0.4) is 0 Å². The predicted octanol–water partition coefficient (Wildman–Crippen LogP) is 2.86. The van der Waals surface area contributed by atoms with E-state index in [4.69, 9.17) is 11.6 Å². The van der Waals surface area contributed by atoms with Gasteiger partial charge in [-0.1, -0.05) is 30.2 Å². The van der Waals surface area contributed by atoms with Gasteiger partial charge < -0.3 is 10.2 Å². The van der Waals surface area contributed by atoms with E-state index >= 15 is 0 Å². The molecule has 1 saturated heterocycles. The van der Waals surface area contributed by atoms with Gasteiger partial charge in [-0.15, -0.1) is 0 Å². The fourth-order valence-corrected chi connectivity index (χ4v) is 2.99. The van der Waals surface area contributed by atoms with Crippen molar-refractivity contribution in [2.24, 2.45) is 0 Å². The molecule has 1 aliphatic heterocycles. The Bertz CT molecular complexity index is 595. The van der Waals surface area contributed by atoms with Gasteiger partial charge in [-0.05, 0) is 31.5 Å². The van der Waals surface area contributed by atoms with Crippen molar-refractivity contribution in [1.29, 1.82) is 0 Å². The van der Waals surface area contributed by atoms with Gasteiger partial charge in [0, 0.05) is 19.6 Å². The van der Waals surface area contributed by atoms with Crippen molar-refractivity contribution >= 4 is 28.5 Å². The summed E-state index contributed by atoms with van der Waals surface area (Å²) in [4.78, 5) is 11.2. The Hall–Kier alpha value is -1.39. The SMILES string of the molecule is CN(C[C@H]1CCCCN1)c1nc2ccccc2nc1Cl. The average molecular weight is 291 g/mol. The Morgan fingerprint density at radius 3 is 2.70 bits per heavy atom. The van der Waals surface area contributed by atoms with Crippen LogP contribution >= 0.6 is 11.6 Å². The number of hydrogen-bond acceptors (Lipinski definition) is 4. The van der Waals surface area contributed by atoms with Crippen LogP contribution in [0.5, 0.6) is 0 Å². The third-order valence-corrected chi connectivity index (χ3v) is 4.03. The molecule has 0 bridgehead atoms. The minimum atomic E-state index is 0.474. The summed E-state index contributed by atoms with van der Waals surface area (Å²) in [6, 6.07) is 8.33. The molecule has 0 spiro atoms. The van der Waals surface area contributed by atoms with Crippen molar-refractivity contribution in [2.75, 3.05) is 25.0 Å². The molecule has 0 amide bonds. The molecule has 1 atom stereocenters. The second kappa shape index (κ2) is 5.94. The maximum atomic E-state index is 6.28. The van der Waals surface area contributed by atoms with Gasteiger partial charge >= 0.3 is 0 Å². The molecular weight excluding hydrogens is 272 g/mol. The number of piperidine rings is 1. The van der Waals surface area contributed by atoms with Crippen LogP contribution in [0.25, 0.3) is 11.0 Å². The van der Waals surface area contributed by atoms with Gasteiger partial charge in [-0.25, -0.2) is 9.97 Å². The van der Waals surface area contributed by atoms with Crippen LogP contribution in [0.4, 0.5) is 5.82 Å². The lowest BCUT2D eigenvalue weighted by Crippen LogP contribution is -2.42. The van der Waals surface area contributed by atoms with Crippen LogP contribution in [0.1, 0.15) is 19.3 Å². The number of aromatic nitrogens is 2. The molecule has 2 aromatic rings. The Morgan fingerprint density at radius 1 is 1.25 bits per heavy atom. The van der Waals surface area contributed by atoms with E-state index in [1.807, 2.05) is 31.3 Å². The molecule has 1 aliphatic rings. The van der Waals surface area contributed by atoms with Gasteiger partial charge in [0.15, 0.2) is 11.0 Å². The highest BCUT2D eigenvalue weighted by Gasteiger charge is 2.18. The Morgan fingerprint density at radius 2 is 2.00 bits per heavy atom. The number of fused-ring (bicyclic) bond motifs is 1. The van der Waals surface area contributed by atoms with E-state index in [9.17, 15) is 0 Å². The maximum absolute atomic E-state index is 6.28. The summed E-state index contributed by atoms with van der Waals surface area (Å²) in [6.45, 7) is 2.02. The van der Waals surface area contributed by atoms with Crippen molar-refractivity contribution in [3.05, 3.63) is 29.4 Å². The molecular formula is C15H19ClN4. The van der Waals surface area contributed by atoms with Crippen LogP contribution in [-0.4, -0.2) is 36.1 Å². The molecule has 1 aromatic heterocycles. The third kappa shape index (κ3) is 2.86. The monoisotopic (exact) mass is 290 g/mol. The largest absolute Gasteiger partial charge is 0.356 e. The predicted molar refractivity (Wildman–Crippen MR) is 83.5 cm³/mol. The molecule has 0 radical (unpaired) electrons. The number of benzene rings is 1. The number of rotatable bonds is 3. The van der Waals surface area contributed by atoms with Crippen molar-refractivity contribution in [3.8, 4) is 0 Å². The third-order valence-electron chi connectivity index (χ3n) is 3.78. The van der Waals surface area contributed by atoms with Gasteiger partial charge in [-0.3, -0.25) is 0 Å². The number of anilines is 1.